The van der Waals surface area contributed by atoms with Gasteiger partial charge in [-0.05, 0) is 0 Å². The number of aliphatic hydroxyl groups excluding tert-OH is 1. The van der Waals surface area contributed by atoms with Crippen molar-refractivity contribution in [1.82, 2.24) is 0 Å². The predicted molar refractivity (Wildman–Crippen MR) is 34.6 cm³/mol. The van der Waals surface area contributed by atoms with Crippen LogP contribution >= 0.6 is 0 Å². The Morgan fingerprint density at radius 2 is 2.00 bits per heavy atom. The molecule has 0 aromatic heterocycles. The van der Waals surface area contributed by atoms with E-state index in [9.17, 15) is 9.59 Å². The van der Waals surface area contributed by atoms with Crippen molar-refractivity contribution in [3.63, 3.8) is 0 Å². The first-order valence-corrected chi connectivity index (χ1v) is 3.12. The van der Waals surface area contributed by atoms with Crippen molar-refractivity contribution in [2.75, 3.05) is 0 Å². The molecule has 1 aliphatic rings. The second-order valence-corrected chi connectivity index (χ2v) is 2.29. The van der Waals surface area contributed by atoms with Crippen LogP contribution in [0.15, 0.2) is 11.8 Å². The van der Waals surface area contributed by atoms with E-state index in [1.165, 1.54) is 0 Å². The number of hydrogen-bond acceptors (Lipinski definition) is 3. The molecule has 3 nitrogen and oxygen atoms in total. The molecule has 0 saturated heterocycles. The first-order valence-electron chi connectivity index (χ1n) is 3.12. The van der Waals surface area contributed by atoms with Gasteiger partial charge in [0.25, 0.3) is 0 Å². The molecular weight excluding hydrogens is 132 g/mol. The maximum atomic E-state index is 10.8. The summed E-state index contributed by atoms with van der Waals surface area (Å²) in [5.74, 6) is -0.0815. The van der Waals surface area contributed by atoms with Gasteiger partial charge >= 0.3 is 0 Å². The molecule has 10 heavy (non-hydrogen) atoms. The Morgan fingerprint density at radius 3 is 2.50 bits per heavy atom. The quantitative estimate of drug-likeness (QED) is 0.399. The Labute approximate surface area is 58.4 Å². The summed E-state index contributed by atoms with van der Waals surface area (Å²) in [7, 11) is 0. The molecule has 1 aliphatic carbocycles. The molecule has 0 radical (unpaired) electrons. The van der Waals surface area contributed by atoms with Crippen LogP contribution in [0, 0.1) is 0 Å². The van der Waals surface area contributed by atoms with E-state index in [1.54, 1.807) is 0 Å². The summed E-state index contributed by atoms with van der Waals surface area (Å²) >= 11 is 0. The van der Waals surface area contributed by atoms with Gasteiger partial charge in [-0.15, -0.1) is 0 Å². The summed E-state index contributed by atoms with van der Waals surface area (Å²) < 4.78 is 0. The monoisotopic (exact) mass is 140 g/mol. The SMILES string of the molecule is O=C1CCC(=O)/C(=C\O)C1. The lowest BCUT2D eigenvalue weighted by Crippen LogP contribution is -2.16. The Kier molecular flexibility index (Phi) is 1.85. The molecule has 3 heteroatoms. The summed E-state index contributed by atoms with van der Waals surface area (Å²) in [6.45, 7) is 0. The lowest BCUT2D eigenvalue weighted by atomic mass is 9.94. The maximum absolute atomic E-state index is 10.8. The lowest BCUT2D eigenvalue weighted by Gasteiger charge is -2.09. The van der Waals surface area contributed by atoms with E-state index < -0.39 is 0 Å². The molecule has 0 amide bonds. The summed E-state index contributed by atoms with van der Waals surface area (Å²) in [5.41, 5.74) is 0.247. The number of rotatable bonds is 0. The standard InChI is InChI=1S/C7H8O3/c8-4-5-3-6(9)1-2-7(5)10/h4,8H,1-3H2/b5-4-. The third-order valence-corrected chi connectivity index (χ3v) is 1.53. The van der Waals surface area contributed by atoms with Crippen molar-refractivity contribution in [1.29, 1.82) is 0 Å². The van der Waals surface area contributed by atoms with Gasteiger partial charge in [0.05, 0.1) is 6.26 Å². The number of carbonyl (C=O) groups is 2. The van der Waals surface area contributed by atoms with Gasteiger partial charge in [0.15, 0.2) is 5.78 Å². The van der Waals surface area contributed by atoms with Crippen LogP contribution in [0.2, 0.25) is 0 Å². The minimum Gasteiger partial charge on any atom is -0.515 e. The second kappa shape index (κ2) is 2.64. The van der Waals surface area contributed by atoms with Crippen molar-refractivity contribution in [3.8, 4) is 0 Å². The van der Waals surface area contributed by atoms with Gasteiger partial charge in [-0.2, -0.15) is 0 Å². The summed E-state index contributed by atoms with van der Waals surface area (Å²) in [4.78, 5) is 21.5. The molecular formula is C7H8O3. The number of ketones is 2. The van der Waals surface area contributed by atoms with Crippen LogP contribution in [0.1, 0.15) is 19.3 Å². The summed E-state index contributed by atoms with van der Waals surface area (Å²) in [6.07, 6.45) is 1.43. The average Bonchev–Trinajstić information content (AvgIpc) is 1.94. The van der Waals surface area contributed by atoms with Gasteiger partial charge in [0.2, 0.25) is 0 Å². The van der Waals surface area contributed by atoms with E-state index in [1.807, 2.05) is 0 Å². The molecule has 0 aromatic carbocycles. The highest BCUT2D eigenvalue weighted by molar-refractivity contribution is 6.05. The molecule has 0 spiro atoms. The van der Waals surface area contributed by atoms with Crippen LogP contribution in [0.25, 0.3) is 0 Å². The molecule has 0 aromatic rings. The minimum atomic E-state index is -0.109. The van der Waals surface area contributed by atoms with Crippen molar-refractivity contribution >= 4 is 11.6 Å². The van der Waals surface area contributed by atoms with Crippen LogP contribution in [0.5, 0.6) is 0 Å². The van der Waals surface area contributed by atoms with Crippen molar-refractivity contribution in [2.24, 2.45) is 0 Å². The van der Waals surface area contributed by atoms with Gasteiger partial charge in [-0.1, -0.05) is 0 Å². The van der Waals surface area contributed by atoms with Gasteiger partial charge in [0.1, 0.15) is 5.78 Å². The third-order valence-electron chi connectivity index (χ3n) is 1.53. The Balaban J connectivity index is 2.72. The molecule has 0 unspecified atom stereocenters. The van der Waals surface area contributed by atoms with Crippen molar-refractivity contribution < 1.29 is 14.7 Å². The van der Waals surface area contributed by atoms with Crippen LogP contribution in [0.4, 0.5) is 0 Å². The van der Waals surface area contributed by atoms with Gasteiger partial charge in [-0.3, -0.25) is 9.59 Å². The zero-order chi connectivity index (χ0) is 7.56. The topological polar surface area (TPSA) is 54.4 Å². The van der Waals surface area contributed by atoms with E-state index in [-0.39, 0.29) is 30.0 Å². The van der Waals surface area contributed by atoms with Crippen molar-refractivity contribution in [3.05, 3.63) is 11.8 Å². The highest BCUT2D eigenvalue weighted by Gasteiger charge is 2.20. The zero-order valence-electron chi connectivity index (χ0n) is 5.46. The normalized spacial score (nSPS) is 23.8. The Bertz CT molecular complexity index is 203. The fourth-order valence-corrected chi connectivity index (χ4v) is 0.931. The minimum absolute atomic E-state index is 0.0277. The Hall–Kier alpha value is -1.12. The van der Waals surface area contributed by atoms with Crippen LogP contribution < -0.4 is 0 Å². The number of allylic oxidation sites excluding steroid dienone is 1. The first kappa shape index (κ1) is 6.99. The first-order chi connectivity index (χ1) is 4.74. The molecule has 1 fully saturated rings. The van der Waals surface area contributed by atoms with Crippen LogP contribution in [-0.2, 0) is 9.59 Å². The van der Waals surface area contributed by atoms with E-state index in [4.69, 9.17) is 5.11 Å². The molecule has 0 atom stereocenters. The van der Waals surface area contributed by atoms with Crippen LogP contribution in [0.3, 0.4) is 0 Å². The van der Waals surface area contributed by atoms with Crippen LogP contribution in [-0.4, -0.2) is 16.7 Å². The summed E-state index contributed by atoms with van der Waals surface area (Å²) in [6, 6.07) is 0. The fraction of sp³-hybridized carbons (Fsp3) is 0.429. The smallest absolute Gasteiger partial charge is 0.162 e. The predicted octanol–water partition coefficient (Wildman–Crippen LogP) is 0.750. The van der Waals surface area contributed by atoms with E-state index in [0.717, 1.165) is 6.26 Å². The van der Waals surface area contributed by atoms with Gasteiger partial charge in [-0.25, -0.2) is 0 Å². The van der Waals surface area contributed by atoms with Gasteiger partial charge in [0, 0.05) is 24.8 Å². The zero-order valence-corrected chi connectivity index (χ0v) is 5.46. The number of hydrogen-bond donors (Lipinski definition) is 1. The maximum Gasteiger partial charge on any atom is 0.162 e. The number of aliphatic hydroxyl groups is 1. The fourth-order valence-electron chi connectivity index (χ4n) is 0.931. The molecule has 54 valence electrons. The van der Waals surface area contributed by atoms with E-state index in [0.29, 0.717) is 6.42 Å². The largest absolute Gasteiger partial charge is 0.515 e. The number of Topliss-reactive ketones (excluding diaryl/α,β-unsaturated/α-hetero) is 2. The summed E-state index contributed by atoms with van der Waals surface area (Å²) in [5, 5.41) is 8.44. The van der Waals surface area contributed by atoms with Gasteiger partial charge < -0.3 is 5.11 Å². The lowest BCUT2D eigenvalue weighted by molar-refractivity contribution is -0.125. The Morgan fingerprint density at radius 1 is 1.30 bits per heavy atom. The molecule has 1 rings (SSSR count). The van der Waals surface area contributed by atoms with E-state index >= 15 is 0 Å². The average molecular weight is 140 g/mol. The molecule has 0 heterocycles. The third kappa shape index (κ3) is 1.23. The number of carbonyl (C=O) groups excluding carboxylic acids is 2. The highest BCUT2D eigenvalue weighted by Crippen LogP contribution is 2.15. The second-order valence-electron chi connectivity index (χ2n) is 2.29. The molecule has 0 aliphatic heterocycles. The highest BCUT2D eigenvalue weighted by atomic mass is 16.2. The molecule has 1 N–H and O–H groups in total. The van der Waals surface area contributed by atoms with E-state index in [2.05, 4.69) is 0 Å². The molecule has 1 saturated carbocycles. The van der Waals surface area contributed by atoms with Crippen molar-refractivity contribution in [2.45, 2.75) is 19.3 Å². The molecule has 0 bridgehead atoms.